The molecule has 4 rings (SSSR count). The lowest BCUT2D eigenvalue weighted by Crippen LogP contribution is -2.30. The van der Waals surface area contributed by atoms with Crippen LogP contribution < -0.4 is 16.0 Å². The zero-order valence-corrected chi connectivity index (χ0v) is 24.5. The molecule has 218 valence electrons. The zero-order chi connectivity index (χ0) is 30.8. The van der Waals surface area contributed by atoms with Crippen LogP contribution in [0.2, 0.25) is 0 Å². The summed E-state index contributed by atoms with van der Waals surface area (Å²) in [5, 5.41) is 17.4. The van der Waals surface area contributed by atoms with E-state index in [1.807, 2.05) is 30.3 Å². The van der Waals surface area contributed by atoms with Crippen molar-refractivity contribution in [3.63, 3.8) is 0 Å². The average molecular weight is 594 g/mol. The first-order valence-corrected chi connectivity index (χ1v) is 14.5. The third-order valence-electron chi connectivity index (χ3n) is 6.32. The lowest BCUT2D eigenvalue weighted by molar-refractivity contribution is -0.114. The van der Waals surface area contributed by atoms with Crippen molar-refractivity contribution in [3.8, 4) is 0 Å². The van der Waals surface area contributed by atoms with Crippen molar-refractivity contribution >= 4 is 52.9 Å². The minimum Gasteiger partial charge on any atom is -0.478 e. The lowest BCUT2D eigenvalue weighted by atomic mass is 10.0. The number of nitrogens with one attached hydrogen (secondary N) is 3. The molecule has 0 unspecified atom stereocenters. The van der Waals surface area contributed by atoms with E-state index in [-0.39, 0.29) is 22.9 Å². The van der Waals surface area contributed by atoms with E-state index in [1.165, 1.54) is 29.5 Å². The van der Waals surface area contributed by atoms with Crippen molar-refractivity contribution in [1.29, 1.82) is 0 Å². The van der Waals surface area contributed by atoms with Gasteiger partial charge in [-0.2, -0.15) is 0 Å². The maximum Gasteiger partial charge on any atom is 0.335 e. The molecule has 0 aliphatic carbocycles. The Hall–Kier alpha value is -5.15. The molecule has 0 radical (unpaired) electrons. The van der Waals surface area contributed by atoms with Gasteiger partial charge in [-0.25, -0.2) is 4.79 Å². The van der Waals surface area contributed by atoms with Gasteiger partial charge in [0.15, 0.2) is 0 Å². The molecule has 0 fully saturated rings. The standard InChI is InChI=1S/C34H31N3O5S/c1-22(2)24-13-11-23(12-14-24)19-30(37-32(39)25-7-4-3-5-8-25)33(40)36-27-15-17-29(18-16-27)43-21-31(38)35-28-10-6-9-26(20-28)34(41)42/h3-20,22H,21H2,1-2H3,(H,35,38)(H,36,40)(H,37,39)(H,41,42)/b30-19-. The topological polar surface area (TPSA) is 125 Å². The molecule has 3 amide bonds. The third-order valence-corrected chi connectivity index (χ3v) is 7.33. The normalized spacial score (nSPS) is 11.1. The number of thioether (sulfide) groups is 1. The molecule has 0 atom stereocenters. The van der Waals surface area contributed by atoms with Gasteiger partial charge in [0.25, 0.3) is 11.8 Å². The highest BCUT2D eigenvalue weighted by Crippen LogP contribution is 2.22. The Kier molecular flexibility index (Phi) is 10.5. The monoisotopic (exact) mass is 593 g/mol. The van der Waals surface area contributed by atoms with E-state index >= 15 is 0 Å². The average Bonchev–Trinajstić information content (AvgIpc) is 3.01. The number of carbonyl (C=O) groups is 4. The smallest absolute Gasteiger partial charge is 0.335 e. The number of carboxylic acid groups (broad SMARTS) is 1. The Bertz CT molecular complexity index is 1630. The first-order chi connectivity index (χ1) is 20.7. The van der Waals surface area contributed by atoms with Gasteiger partial charge in [-0.1, -0.05) is 62.4 Å². The van der Waals surface area contributed by atoms with Gasteiger partial charge in [0.05, 0.1) is 11.3 Å². The van der Waals surface area contributed by atoms with Crippen molar-refractivity contribution in [2.75, 3.05) is 16.4 Å². The summed E-state index contributed by atoms with van der Waals surface area (Å²) in [6.07, 6.45) is 1.63. The van der Waals surface area contributed by atoms with Gasteiger partial charge in [0, 0.05) is 21.8 Å². The highest BCUT2D eigenvalue weighted by Gasteiger charge is 2.15. The largest absolute Gasteiger partial charge is 0.478 e. The molecular formula is C34H31N3O5S. The Labute approximate surface area is 254 Å². The molecule has 0 spiro atoms. The van der Waals surface area contributed by atoms with E-state index in [1.54, 1.807) is 66.7 Å². The van der Waals surface area contributed by atoms with E-state index in [9.17, 15) is 19.2 Å². The first-order valence-electron chi connectivity index (χ1n) is 13.5. The quantitative estimate of drug-likeness (QED) is 0.114. The van der Waals surface area contributed by atoms with E-state index in [0.717, 1.165) is 10.5 Å². The fourth-order valence-corrected chi connectivity index (χ4v) is 4.69. The number of aromatic carboxylic acids is 1. The third kappa shape index (κ3) is 9.17. The van der Waals surface area contributed by atoms with Crippen LogP contribution in [0.15, 0.2) is 114 Å². The Morgan fingerprint density at radius 3 is 2.09 bits per heavy atom. The summed E-state index contributed by atoms with van der Waals surface area (Å²) in [6, 6.07) is 29.5. The fourth-order valence-electron chi connectivity index (χ4n) is 4.00. The lowest BCUT2D eigenvalue weighted by Gasteiger charge is -2.12. The van der Waals surface area contributed by atoms with Crippen LogP contribution in [0.4, 0.5) is 11.4 Å². The number of hydrogen-bond donors (Lipinski definition) is 4. The summed E-state index contributed by atoms with van der Waals surface area (Å²) in [5.41, 5.74) is 3.46. The molecule has 4 aromatic rings. The van der Waals surface area contributed by atoms with Gasteiger partial charge >= 0.3 is 5.97 Å². The van der Waals surface area contributed by atoms with Gasteiger partial charge in [-0.05, 0) is 77.7 Å². The number of benzene rings is 4. The van der Waals surface area contributed by atoms with Gasteiger partial charge in [0.1, 0.15) is 5.70 Å². The number of hydrogen-bond acceptors (Lipinski definition) is 5. The van der Waals surface area contributed by atoms with Gasteiger partial charge in [-0.15, -0.1) is 11.8 Å². The van der Waals surface area contributed by atoms with Crippen molar-refractivity contribution in [2.45, 2.75) is 24.7 Å². The summed E-state index contributed by atoms with van der Waals surface area (Å²) in [6.45, 7) is 4.21. The van der Waals surface area contributed by atoms with Crippen molar-refractivity contribution in [1.82, 2.24) is 5.32 Å². The van der Waals surface area contributed by atoms with Crippen LogP contribution in [0.25, 0.3) is 6.08 Å². The van der Waals surface area contributed by atoms with Crippen LogP contribution in [0.5, 0.6) is 0 Å². The molecule has 0 bridgehead atoms. The van der Waals surface area contributed by atoms with Crippen molar-refractivity contribution in [3.05, 3.63) is 131 Å². The number of anilines is 2. The van der Waals surface area contributed by atoms with Crippen molar-refractivity contribution < 1.29 is 24.3 Å². The number of amides is 3. The van der Waals surface area contributed by atoms with E-state index in [4.69, 9.17) is 5.11 Å². The minimum atomic E-state index is -1.07. The molecular weight excluding hydrogens is 562 g/mol. The summed E-state index contributed by atoms with van der Waals surface area (Å²) >= 11 is 1.29. The maximum absolute atomic E-state index is 13.3. The number of carboxylic acids is 1. The highest BCUT2D eigenvalue weighted by atomic mass is 32.2. The van der Waals surface area contributed by atoms with Crippen LogP contribution in [0, 0.1) is 0 Å². The van der Waals surface area contributed by atoms with Gasteiger partial charge in [0.2, 0.25) is 5.91 Å². The SMILES string of the molecule is CC(C)c1ccc(/C=C(\NC(=O)c2ccccc2)C(=O)Nc2ccc(SCC(=O)Nc3cccc(C(=O)O)c3)cc2)cc1. The van der Waals surface area contributed by atoms with Crippen LogP contribution in [-0.2, 0) is 9.59 Å². The zero-order valence-electron chi connectivity index (χ0n) is 23.7. The molecule has 0 aliphatic heterocycles. The Morgan fingerprint density at radius 2 is 1.44 bits per heavy atom. The predicted octanol–water partition coefficient (Wildman–Crippen LogP) is 6.65. The summed E-state index contributed by atoms with van der Waals surface area (Å²) < 4.78 is 0. The summed E-state index contributed by atoms with van der Waals surface area (Å²) in [4.78, 5) is 50.5. The Morgan fingerprint density at radius 1 is 0.767 bits per heavy atom. The Balaban J connectivity index is 1.41. The van der Waals surface area contributed by atoms with Crippen LogP contribution in [0.3, 0.4) is 0 Å². The van der Waals surface area contributed by atoms with Crippen LogP contribution >= 0.6 is 11.8 Å². The molecule has 0 aliphatic rings. The van der Waals surface area contributed by atoms with E-state index in [0.29, 0.717) is 22.9 Å². The predicted molar refractivity (Wildman–Crippen MR) is 170 cm³/mol. The number of carbonyl (C=O) groups excluding carboxylic acids is 3. The molecule has 8 nitrogen and oxygen atoms in total. The van der Waals surface area contributed by atoms with E-state index < -0.39 is 17.8 Å². The summed E-state index contributed by atoms with van der Waals surface area (Å²) in [7, 11) is 0. The minimum absolute atomic E-state index is 0.0877. The molecule has 4 N–H and O–H groups in total. The molecule has 4 aromatic carbocycles. The van der Waals surface area contributed by atoms with E-state index in [2.05, 4.69) is 29.8 Å². The fraction of sp³-hybridized carbons (Fsp3) is 0.118. The molecule has 9 heteroatoms. The van der Waals surface area contributed by atoms with Crippen molar-refractivity contribution in [2.24, 2.45) is 0 Å². The second-order valence-electron chi connectivity index (χ2n) is 9.90. The second-order valence-corrected chi connectivity index (χ2v) is 10.9. The second kappa shape index (κ2) is 14.7. The van der Waals surface area contributed by atoms with Gasteiger partial charge < -0.3 is 21.1 Å². The highest BCUT2D eigenvalue weighted by molar-refractivity contribution is 8.00. The van der Waals surface area contributed by atoms with Gasteiger partial charge in [-0.3, -0.25) is 14.4 Å². The van der Waals surface area contributed by atoms with Crippen LogP contribution in [0.1, 0.15) is 51.6 Å². The molecule has 0 saturated heterocycles. The molecule has 0 aromatic heterocycles. The molecule has 0 saturated carbocycles. The molecule has 0 heterocycles. The molecule has 43 heavy (non-hydrogen) atoms. The number of rotatable bonds is 11. The summed E-state index contributed by atoms with van der Waals surface area (Å²) in [5.74, 6) is -1.77. The van der Waals surface area contributed by atoms with Crippen LogP contribution in [-0.4, -0.2) is 34.6 Å². The first kappa shape index (κ1) is 30.8. The maximum atomic E-state index is 13.3.